The van der Waals surface area contributed by atoms with Crippen molar-refractivity contribution in [3.63, 3.8) is 0 Å². The Morgan fingerprint density at radius 2 is 2.13 bits per heavy atom. The quantitative estimate of drug-likeness (QED) is 0.685. The fourth-order valence-corrected chi connectivity index (χ4v) is 1.83. The van der Waals surface area contributed by atoms with Gasteiger partial charge in [0.2, 0.25) is 0 Å². The number of nitrogens with one attached hydrogen (secondary N) is 2. The lowest BCUT2D eigenvalue weighted by Gasteiger charge is -2.13. The van der Waals surface area contributed by atoms with Gasteiger partial charge in [-0.25, -0.2) is 9.78 Å². The molecule has 8 nitrogen and oxygen atoms in total. The number of ether oxygens (including phenoxy) is 1. The molecule has 3 N–H and O–H groups in total. The summed E-state index contributed by atoms with van der Waals surface area (Å²) < 4.78 is 7.55. The molecule has 23 heavy (non-hydrogen) atoms. The fourth-order valence-electron chi connectivity index (χ4n) is 1.83. The highest BCUT2D eigenvalue weighted by Crippen LogP contribution is 2.23. The number of rotatable bonds is 8. The Morgan fingerprint density at radius 3 is 2.87 bits per heavy atom. The molecule has 1 aromatic carbocycles. The SMILES string of the molecule is O=C(O)CCNC(=O)Nc1ccccc1OCCn1ccnc1. The van der Waals surface area contributed by atoms with E-state index >= 15 is 0 Å². The molecule has 1 heterocycles. The molecule has 0 aliphatic heterocycles. The van der Waals surface area contributed by atoms with Crippen LogP contribution in [0.15, 0.2) is 43.0 Å². The average molecular weight is 318 g/mol. The monoisotopic (exact) mass is 318 g/mol. The molecule has 2 amide bonds. The number of amides is 2. The van der Waals surface area contributed by atoms with E-state index in [1.54, 1.807) is 36.8 Å². The first kappa shape index (κ1) is 16.3. The van der Waals surface area contributed by atoms with Crippen LogP contribution in [0.2, 0.25) is 0 Å². The minimum atomic E-state index is -0.964. The van der Waals surface area contributed by atoms with Gasteiger partial charge in [-0.05, 0) is 12.1 Å². The van der Waals surface area contributed by atoms with Crippen molar-refractivity contribution in [2.45, 2.75) is 13.0 Å². The highest BCUT2D eigenvalue weighted by Gasteiger charge is 2.07. The second kappa shape index (κ2) is 8.42. The summed E-state index contributed by atoms with van der Waals surface area (Å²) in [5.41, 5.74) is 0.519. The summed E-state index contributed by atoms with van der Waals surface area (Å²) in [6.45, 7) is 1.12. The molecule has 0 saturated carbocycles. The molecule has 8 heteroatoms. The van der Waals surface area contributed by atoms with Gasteiger partial charge in [0.25, 0.3) is 0 Å². The van der Waals surface area contributed by atoms with Crippen molar-refractivity contribution in [2.24, 2.45) is 0 Å². The highest BCUT2D eigenvalue weighted by molar-refractivity contribution is 5.91. The van der Waals surface area contributed by atoms with Crippen LogP contribution in [-0.4, -0.2) is 39.8 Å². The summed E-state index contributed by atoms with van der Waals surface area (Å²) in [6.07, 6.45) is 5.10. The summed E-state index contributed by atoms with van der Waals surface area (Å²) in [6, 6.07) is 6.57. The first-order chi connectivity index (χ1) is 11.1. The number of hydrogen-bond acceptors (Lipinski definition) is 4. The van der Waals surface area contributed by atoms with Crippen molar-refractivity contribution < 1.29 is 19.4 Å². The highest BCUT2D eigenvalue weighted by atomic mass is 16.5. The third-order valence-electron chi connectivity index (χ3n) is 2.93. The zero-order valence-corrected chi connectivity index (χ0v) is 12.4. The summed E-state index contributed by atoms with van der Waals surface area (Å²) in [7, 11) is 0. The van der Waals surface area contributed by atoms with E-state index in [1.165, 1.54) is 0 Å². The number of nitrogens with zero attached hydrogens (tertiary/aromatic N) is 2. The molecule has 0 radical (unpaired) electrons. The number of benzene rings is 1. The molecule has 0 aliphatic carbocycles. The molecule has 2 rings (SSSR count). The largest absolute Gasteiger partial charge is 0.490 e. The number of carbonyl (C=O) groups is 2. The maximum absolute atomic E-state index is 11.7. The average Bonchev–Trinajstić information content (AvgIpc) is 3.02. The maximum Gasteiger partial charge on any atom is 0.319 e. The van der Waals surface area contributed by atoms with E-state index in [0.29, 0.717) is 24.6 Å². The number of carbonyl (C=O) groups excluding carboxylic acids is 1. The lowest BCUT2D eigenvalue weighted by molar-refractivity contribution is -0.136. The number of anilines is 1. The molecule has 2 aromatic rings. The molecule has 0 bridgehead atoms. The van der Waals surface area contributed by atoms with Crippen molar-refractivity contribution in [1.29, 1.82) is 0 Å². The van der Waals surface area contributed by atoms with Crippen molar-refractivity contribution in [1.82, 2.24) is 14.9 Å². The van der Waals surface area contributed by atoms with Gasteiger partial charge in [-0.1, -0.05) is 12.1 Å². The van der Waals surface area contributed by atoms with Crippen molar-refractivity contribution in [3.8, 4) is 5.75 Å². The molecular formula is C15H18N4O4. The molecule has 0 fully saturated rings. The number of aliphatic carboxylic acids is 1. The minimum absolute atomic E-state index is 0.0603. The Labute approximate surface area is 133 Å². The molecular weight excluding hydrogens is 300 g/mol. The predicted octanol–water partition coefficient (Wildman–Crippen LogP) is 1.56. The molecule has 0 unspecified atom stereocenters. The van der Waals surface area contributed by atoms with E-state index in [1.807, 2.05) is 10.8 Å². The lowest BCUT2D eigenvalue weighted by atomic mass is 10.3. The van der Waals surface area contributed by atoms with Crippen LogP contribution in [0.3, 0.4) is 0 Å². The summed E-state index contributed by atoms with van der Waals surface area (Å²) in [5.74, 6) is -0.422. The lowest BCUT2D eigenvalue weighted by Crippen LogP contribution is -2.30. The number of imidazole rings is 1. The van der Waals surface area contributed by atoms with E-state index < -0.39 is 12.0 Å². The molecule has 1 aromatic heterocycles. The molecule has 0 spiro atoms. The van der Waals surface area contributed by atoms with Crippen molar-refractivity contribution >= 4 is 17.7 Å². The second-order valence-electron chi connectivity index (χ2n) is 4.67. The van der Waals surface area contributed by atoms with Gasteiger partial charge in [0.15, 0.2) is 0 Å². The third-order valence-corrected chi connectivity index (χ3v) is 2.93. The summed E-state index contributed by atoms with van der Waals surface area (Å²) >= 11 is 0. The topological polar surface area (TPSA) is 105 Å². The zero-order valence-electron chi connectivity index (χ0n) is 12.4. The number of para-hydroxylation sites is 2. The summed E-state index contributed by atoms with van der Waals surface area (Å²) in [5, 5.41) is 13.6. The Hall–Kier alpha value is -3.03. The molecule has 0 saturated heterocycles. The first-order valence-electron chi connectivity index (χ1n) is 7.09. The molecule has 0 atom stereocenters. The van der Waals surface area contributed by atoms with E-state index in [0.717, 1.165) is 0 Å². The van der Waals surface area contributed by atoms with Crippen LogP contribution in [0, 0.1) is 0 Å². The van der Waals surface area contributed by atoms with Crippen LogP contribution in [0.1, 0.15) is 6.42 Å². The Morgan fingerprint density at radius 1 is 1.30 bits per heavy atom. The second-order valence-corrected chi connectivity index (χ2v) is 4.67. The van der Waals surface area contributed by atoms with Crippen LogP contribution in [0.4, 0.5) is 10.5 Å². The maximum atomic E-state index is 11.7. The Balaban J connectivity index is 1.84. The van der Waals surface area contributed by atoms with Gasteiger partial charge in [-0.3, -0.25) is 4.79 Å². The van der Waals surface area contributed by atoms with E-state index in [2.05, 4.69) is 15.6 Å². The van der Waals surface area contributed by atoms with Crippen LogP contribution in [0.5, 0.6) is 5.75 Å². The van der Waals surface area contributed by atoms with Gasteiger partial charge in [0, 0.05) is 18.9 Å². The predicted molar refractivity (Wildman–Crippen MR) is 83.4 cm³/mol. The van der Waals surface area contributed by atoms with Gasteiger partial charge < -0.3 is 25.0 Å². The van der Waals surface area contributed by atoms with Crippen molar-refractivity contribution in [2.75, 3.05) is 18.5 Å². The van der Waals surface area contributed by atoms with Crippen molar-refractivity contribution in [3.05, 3.63) is 43.0 Å². The van der Waals surface area contributed by atoms with E-state index in [4.69, 9.17) is 9.84 Å². The standard InChI is InChI=1S/C15H18N4O4/c20-14(21)5-6-17-15(22)18-12-3-1-2-4-13(12)23-10-9-19-8-7-16-11-19/h1-4,7-8,11H,5-6,9-10H2,(H,20,21)(H2,17,18,22). The summed E-state index contributed by atoms with van der Waals surface area (Å²) in [4.78, 5) is 26.1. The molecule has 122 valence electrons. The van der Waals surface area contributed by atoms with E-state index in [-0.39, 0.29) is 13.0 Å². The van der Waals surface area contributed by atoms with Crippen LogP contribution in [0.25, 0.3) is 0 Å². The number of aromatic nitrogens is 2. The minimum Gasteiger partial charge on any atom is -0.490 e. The van der Waals surface area contributed by atoms with Crippen LogP contribution >= 0.6 is 0 Å². The number of carboxylic acid groups (broad SMARTS) is 1. The zero-order chi connectivity index (χ0) is 16.5. The van der Waals surface area contributed by atoms with Crippen LogP contribution < -0.4 is 15.4 Å². The normalized spacial score (nSPS) is 10.1. The van der Waals surface area contributed by atoms with E-state index in [9.17, 15) is 9.59 Å². The van der Waals surface area contributed by atoms with Gasteiger partial charge in [-0.15, -0.1) is 0 Å². The number of hydrogen-bond donors (Lipinski definition) is 3. The van der Waals surface area contributed by atoms with Gasteiger partial charge in [-0.2, -0.15) is 0 Å². The molecule has 0 aliphatic rings. The Bertz CT molecular complexity index is 643. The first-order valence-corrected chi connectivity index (χ1v) is 7.09. The third kappa shape index (κ3) is 5.70. The van der Waals surface area contributed by atoms with Gasteiger partial charge >= 0.3 is 12.0 Å². The van der Waals surface area contributed by atoms with Gasteiger partial charge in [0.05, 0.1) is 25.0 Å². The number of carboxylic acids is 1. The fraction of sp³-hybridized carbons (Fsp3) is 0.267. The van der Waals surface area contributed by atoms with Crippen LogP contribution in [-0.2, 0) is 11.3 Å². The number of urea groups is 1. The Kier molecular flexibility index (Phi) is 5.98. The van der Waals surface area contributed by atoms with Gasteiger partial charge in [0.1, 0.15) is 12.4 Å². The smallest absolute Gasteiger partial charge is 0.319 e.